The molecular weight excluding hydrogens is 358 g/mol. The first-order valence-corrected chi connectivity index (χ1v) is 9.45. The molecule has 1 fully saturated rings. The van der Waals surface area contributed by atoms with E-state index in [1.165, 1.54) is 0 Å². The fraction of sp³-hybridized carbons (Fsp3) is 0.444. The lowest BCUT2D eigenvalue weighted by molar-refractivity contribution is -0.129. The lowest BCUT2D eigenvalue weighted by atomic mass is 10.2. The van der Waals surface area contributed by atoms with Gasteiger partial charge in [-0.3, -0.25) is 4.79 Å². The Morgan fingerprint density at radius 1 is 1.40 bits per heavy atom. The van der Waals surface area contributed by atoms with Crippen molar-refractivity contribution < 1.29 is 9.21 Å². The van der Waals surface area contributed by atoms with Crippen LogP contribution in [0.4, 0.5) is 0 Å². The number of nitrogens with one attached hydrogen (secondary N) is 1. The Morgan fingerprint density at radius 2 is 2.20 bits per heavy atom. The predicted molar refractivity (Wildman–Crippen MR) is 104 cm³/mol. The van der Waals surface area contributed by atoms with Crippen LogP contribution in [0.15, 0.2) is 41.0 Å². The molecule has 2 aromatic rings. The molecule has 25 heavy (non-hydrogen) atoms. The van der Waals surface area contributed by atoms with E-state index in [2.05, 4.69) is 10.3 Å². The molecule has 1 N–H and O–H groups in total. The van der Waals surface area contributed by atoms with Gasteiger partial charge in [-0.05, 0) is 32.0 Å². The van der Waals surface area contributed by atoms with E-state index in [4.69, 9.17) is 4.42 Å². The number of nitrogens with zero attached hydrogens (tertiary/aromatic N) is 2. The van der Waals surface area contributed by atoms with Crippen LogP contribution in [0, 0.1) is 0 Å². The van der Waals surface area contributed by atoms with Crippen LogP contribution in [0.25, 0.3) is 11.5 Å². The Bertz CT molecular complexity index is 665. The van der Waals surface area contributed by atoms with E-state index in [0.717, 1.165) is 37.2 Å². The van der Waals surface area contributed by atoms with Gasteiger partial charge in [-0.2, -0.15) is 0 Å². The molecule has 1 atom stereocenters. The highest BCUT2D eigenvalue weighted by Crippen LogP contribution is 2.22. The van der Waals surface area contributed by atoms with E-state index in [0.29, 0.717) is 23.4 Å². The summed E-state index contributed by atoms with van der Waals surface area (Å²) in [5.74, 6) is 2.04. The number of thioether (sulfide) groups is 1. The van der Waals surface area contributed by atoms with Crippen LogP contribution in [0.5, 0.6) is 0 Å². The molecule has 2 heterocycles. The smallest absolute Gasteiger partial charge is 0.232 e. The Morgan fingerprint density at radius 3 is 2.96 bits per heavy atom. The van der Waals surface area contributed by atoms with Gasteiger partial charge in [-0.1, -0.05) is 18.2 Å². The third-order valence-electron chi connectivity index (χ3n) is 4.19. The zero-order chi connectivity index (χ0) is 16.8. The van der Waals surface area contributed by atoms with Crippen LogP contribution < -0.4 is 5.32 Å². The first-order chi connectivity index (χ1) is 11.8. The number of halogens is 1. The molecule has 0 spiro atoms. The summed E-state index contributed by atoms with van der Waals surface area (Å²) >= 11 is 1.60. The van der Waals surface area contributed by atoms with Crippen molar-refractivity contribution in [3.05, 3.63) is 42.3 Å². The van der Waals surface area contributed by atoms with E-state index < -0.39 is 0 Å². The van der Waals surface area contributed by atoms with Gasteiger partial charge in [0.05, 0.1) is 11.4 Å². The minimum absolute atomic E-state index is 0. The number of rotatable bonds is 7. The molecule has 1 aliphatic rings. The Balaban J connectivity index is 0.00000225. The summed E-state index contributed by atoms with van der Waals surface area (Å²) in [5.41, 5.74) is 1.84. The molecule has 7 heteroatoms. The topological polar surface area (TPSA) is 58.4 Å². The number of hydrogen-bond acceptors (Lipinski definition) is 5. The van der Waals surface area contributed by atoms with Crippen molar-refractivity contribution in [2.75, 3.05) is 25.9 Å². The second-order valence-electron chi connectivity index (χ2n) is 5.94. The second kappa shape index (κ2) is 9.85. The number of benzene rings is 1. The van der Waals surface area contributed by atoms with E-state index in [1.807, 2.05) is 42.3 Å². The summed E-state index contributed by atoms with van der Waals surface area (Å²) in [6, 6.07) is 10.2. The first kappa shape index (κ1) is 19.8. The van der Waals surface area contributed by atoms with Gasteiger partial charge >= 0.3 is 0 Å². The number of aromatic nitrogens is 1. The van der Waals surface area contributed by atoms with Gasteiger partial charge in [0.1, 0.15) is 6.26 Å². The van der Waals surface area contributed by atoms with E-state index in [9.17, 15) is 4.79 Å². The van der Waals surface area contributed by atoms with Gasteiger partial charge in [0, 0.05) is 30.4 Å². The minimum Gasteiger partial charge on any atom is -0.444 e. The van der Waals surface area contributed by atoms with Gasteiger partial charge in [0.25, 0.3) is 0 Å². The number of oxazole rings is 1. The van der Waals surface area contributed by atoms with Crippen LogP contribution in [0.2, 0.25) is 0 Å². The monoisotopic (exact) mass is 381 g/mol. The maximum atomic E-state index is 12.4. The quantitative estimate of drug-likeness (QED) is 0.798. The van der Waals surface area contributed by atoms with Gasteiger partial charge in [-0.15, -0.1) is 24.2 Å². The van der Waals surface area contributed by atoms with Crippen molar-refractivity contribution in [3.63, 3.8) is 0 Å². The molecule has 0 saturated carbocycles. The lowest BCUT2D eigenvalue weighted by Gasteiger charge is -2.24. The first-order valence-electron chi connectivity index (χ1n) is 8.29. The average Bonchev–Trinajstić information content (AvgIpc) is 3.25. The molecule has 3 rings (SSSR count). The van der Waals surface area contributed by atoms with Crippen molar-refractivity contribution in [3.8, 4) is 11.5 Å². The Hall–Kier alpha value is -1.50. The summed E-state index contributed by atoms with van der Waals surface area (Å²) in [4.78, 5) is 18.9. The molecule has 136 valence electrons. The minimum atomic E-state index is 0. The lowest BCUT2D eigenvalue weighted by Crippen LogP contribution is -2.41. The third-order valence-corrected chi connectivity index (χ3v) is 5.14. The van der Waals surface area contributed by atoms with Gasteiger partial charge in [0.15, 0.2) is 0 Å². The average molecular weight is 382 g/mol. The number of likely N-dealkylation sites (tertiary alicyclic amines) is 1. The van der Waals surface area contributed by atoms with Crippen molar-refractivity contribution in [1.82, 2.24) is 15.2 Å². The van der Waals surface area contributed by atoms with Gasteiger partial charge < -0.3 is 14.6 Å². The van der Waals surface area contributed by atoms with Gasteiger partial charge in [0.2, 0.25) is 11.8 Å². The number of likely N-dealkylation sites (N-methyl/N-ethyl adjacent to an activating group) is 1. The van der Waals surface area contributed by atoms with E-state index >= 15 is 0 Å². The zero-order valence-electron chi connectivity index (χ0n) is 14.3. The zero-order valence-corrected chi connectivity index (χ0v) is 15.9. The van der Waals surface area contributed by atoms with Gasteiger partial charge in [-0.25, -0.2) is 4.98 Å². The summed E-state index contributed by atoms with van der Waals surface area (Å²) in [7, 11) is 1.94. The molecule has 0 radical (unpaired) electrons. The highest BCUT2D eigenvalue weighted by Gasteiger charge is 2.27. The molecule has 0 aliphatic carbocycles. The third kappa shape index (κ3) is 5.23. The highest BCUT2D eigenvalue weighted by atomic mass is 35.5. The number of hydrogen-bond donors (Lipinski definition) is 1. The fourth-order valence-corrected chi connectivity index (χ4v) is 3.81. The molecular formula is C18H24ClN3O2S. The van der Waals surface area contributed by atoms with Crippen LogP contribution in [0.1, 0.15) is 18.5 Å². The number of amides is 1. The largest absolute Gasteiger partial charge is 0.444 e. The van der Waals surface area contributed by atoms with E-state index in [1.54, 1.807) is 18.0 Å². The summed E-state index contributed by atoms with van der Waals surface area (Å²) < 4.78 is 5.53. The standard InChI is InChI=1S/C18H23N3O2S.ClH/c1-19-10-16-8-5-9-21(16)17(22)13-24-12-15-11-23-18(20-15)14-6-3-2-4-7-14;/h2-4,6-7,11,16,19H,5,8-10,12-13H2,1H3;1H. The van der Waals surface area contributed by atoms with Crippen molar-refractivity contribution in [2.24, 2.45) is 0 Å². The summed E-state index contributed by atoms with van der Waals surface area (Å²) in [5, 5.41) is 3.17. The Kier molecular flexibility index (Phi) is 7.81. The van der Waals surface area contributed by atoms with Crippen LogP contribution >= 0.6 is 24.2 Å². The summed E-state index contributed by atoms with van der Waals surface area (Å²) in [6.45, 7) is 1.76. The molecule has 1 aliphatic heterocycles. The molecule has 1 aromatic carbocycles. The molecule has 5 nitrogen and oxygen atoms in total. The molecule has 0 bridgehead atoms. The second-order valence-corrected chi connectivity index (χ2v) is 6.93. The molecule has 1 saturated heterocycles. The maximum absolute atomic E-state index is 12.4. The molecule has 1 unspecified atom stereocenters. The molecule has 1 amide bonds. The summed E-state index contributed by atoms with van der Waals surface area (Å²) in [6.07, 6.45) is 3.88. The fourth-order valence-electron chi connectivity index (χ4n) is 3.02. The van der Waals surface area contributed by atoms with Crippen LogP contribution in [-0.2, 0) is 10.5 Å². The van der Waals surface area contributed by atoms with Crippen molar-refractivity contribution >= 4 is 30.1 Å². The van der Waals surface area contributed by atoms with Crippen LogP contribution in [0.3, 0.4) is 0 Å². The number of carbonyl (C=O) groups excluding carboxylic acids is 1. The highest BCUT2D eigenvalue weighted by molar-refractivity contribution is 7.99. The Labute approximate surface area is 159 Å². The van der Waals surface area contributed by atoms with Crippen molar-refractivity contribution in [1.29, 1.82) is 0 Å². The normalized spacial score (nSPS) is 16.7. The molecule has 1 aromatic heterocycles. The van der Waals surface area contributed by atoms with E-state index in [-0.39, 0.29) is 18.3 Å². The predicted octanol–water partition coefficient (Wildman–Crippen LogP) is 3.21. The maximum Gasteiger partial charge on any atom is 0.232 e. The van der Waals surface area contributed by atoms with Crippen LogP contribution in [-0.4, -0.2) is 47.7 Å². The van der Waals surface area contributed by atoms with Crippen molar-refractivity contribution in [2.45, 2.75) is 24.6 Å². The SMILES string of the molecule is CNCC1CCCN1C(=O)CSCc1coc(-c2ccccc2)n1.Cl. The number of carbonyl (C=O) groups is 1.